The summed E-state index contributed by atoms with van der Waals surface area (Å²) in [6, 6.07) is 0. The van der Waals surface area contributed by atoms with E-state index < -0.39 is 5.60 Å². The molecule has 0 saturated heterocycles. The molecule has 2 atom stereocenters. The molecule has 0 bridgehead atoms. The molecule has 0 amide bonds. The number of carbonyl (C=O) groups excluding carboxylic acids is 1. The Bertz CT molecular complexity index is 464. The first kappa shape index (κ1) is 18.9. The minimum atomic E-state index is -0.775. The fourth-order valence-corrected chi connectivity index (χ4v) is 2.82. The van der Waals surface area contributed by atoms with Gasteiger partial charge in [-0.3, -0.25) is 4.79 Å². The monoisotopic (exact) mass is 304 g/mol. The van der Waals surface area contributed by atoms with Crippen LogP contribution in [0.5, 0.6) is 0 Å². The average Bonchev–Trinajstić information content (AvgIpc) is 2.36. The molecule has 0 fully saturated rings. The third-order valence-corrected chi connectivity index (χ3v) is 4.43. The van der Waals surface area contributed by atoms with Crippen LogP contribution >= 0.6 is 0 Å². The molecule has 1 N–H and O–H groups in total. The zero-order chi connectivity index (χ0) is 16.8. The molecular formula is C20H32O2. The topological polar surface area (TPSA) is 37.3 Å². The van der Waals surface area contributed by atoms with Gasteiger partial charge >= 0.3 is 0 Å². The van der Waals surface area contributed by atoms with Gasteiger partial charge in [-0.1, -0.05) is 43.2 Å². The number of aliphatic hydroxyl groups is 1. The van der Waals surface area contributed by atoms with E-state index in [0.717, 1.165) is 30.4 Å². The first-order valence-electron chi connectivity index (χ1n) is 8.47. The zero-order valence-electron chi connectivity index (χ0n) is 14.9. The van der Waals surface area contributed by atoms with Crippen LogP contribution in [0.25, 0.3) is 0 Å². The Morgan fingerprint density at radius 1 is 1.27 bits per heavy atom. The quantitative estimate of drug-likeness (QED) is 0.693. The second kappa shape index (κ2) is 8.47. The molecule has 2 nitrogen and oxygen atoms in total. The van der Waals surface area contributed by atoms with Crippen molar-refractivity contribution in [2.75, 3.05) is 0 Å². The van der Waals surface area contributed by atoms with Crippen LogP contribution in [-0.2, 0) is 4.79 Å². The highest BCUT2D eigenvalue weighted by Gasteiger charge is 2.18. The van der Waals surface area contributed by atoms with Gasteiger partial charge in [0.1, 0.15) is 0 Å². The number of ketones is 1. The van der Waals surface area contributed by atoms with Crippen molar-refractivity contribution in [2.24, 2.45) is 11.8 Å². The van der Waals surface area contributed by atoms with E-state index in [4.69, 9.17) is 0 Å². The van der Waals surface area contributed by atoms with Gasteiger partial charge in [0.05, 0.1) is 5.60 Å². The van der Waals surface area contributed by atoms with Crippen molar-refractivity contribution in [1.82, 2.24) is 0 Å². The van der Waals surface area contributed by atoms with Crippen LogP contribution in [-0.4, -0.2) is 16.5 Å². The summed E-state index contributed by atoms with van der Waals surface area (Å²) in [5.41, 5.74) is 1.47. The molecule has 1 unspecified atom stereocenters. The van der Waals surface area contributed by atoms with Gasteiger partial charge in [0.2, 0.25) is 0 Å². The van der Waals surface area contributed by atoms with Crippen LogP contribution in [0, 0.1) is 11.8 Å². The molecule has 0 radical (unpaired) electrons. The van der Waals surface area contributed by atoms with Gasteiger partial charge in [-0.25, -0.2) is 0 Å². The minimum absolute atomic E-state index is 0.187. The minimum Gasteiger partial charge on any atom is -0.386 e. The summed E-state index contributed by atoms with van der Waals surface area (Å²) in [5.74, 6) is 1.16. The van der Waals surface area contributed by atoms with Crippen molar-refractivity contribution in [2.45, 2.75) is 72.3 Å². The molecule has 2 heteroatoms. The standard InChI is InChI=1S/C20H32O2/c1-15(2)18-9-8-17(4)14-19(21)13-16(3)7-6-11-20(5,22)12-10-18/h7,10,12,14-15,18,22H,6,8-9,11,13H2,1-5H3/b12-10+,16-7+,17-14-/t18?,20-/m1/s1. The van der Waals surface area contributed by atoms with E-state index >= 15 is 0 Å². The summed E-state index contributed by atoms with van der Waals surface area (Å²) >= 11 is 0. The van der Waals surface area contributed by atoms with E-state index in [-0.39, 0.29) is 5.78 Å². The van der Waals surface area contributed by atoms with Crippen LogP contribution in [0.2, 0.25) is 0 Å². The molecule has 1 aliphatic rings. The van der Waals surface area contributed by atoms with Crippen molar-refractivity contribution in [3.8, 4) is 0 Å². The van der Waals surface area contributed by atoms with Crippen LogP contribution in [0.15, 0.2) is 35.5 Å². The van der Waals surface area contributed by atoms with E-state index in [1.54, 1.807) is 6.08 Å². The lowest BCUT2D eigenvalue weighted by Gasteiger charge is -2.22. The summed E-state index contributed by atoms with van der Waals surface area (Å²) in [6.45, 7) is 10.3. The fraction of sp³-hybridized carbons (Fsp3) is 0.650. The second-order valence-corrected chi connectivity index (χ2v) is 7.39. The third kappa shape index (κ3) is 7.22. The molecule has 22 heavy (non-hydrogen) atoms. The number of hydrogen-bond donors (Lipinski definition) is 1. The Morgan fingerprint density at radius 3 is 2.59 bits per heavy atom. The smallest absolute Gasteiger partial charge is 0.159 e. The maximum absolute atomic E-state index is 12.0. The number of carbonyl (C=O) groups is 1. The predicted molar refractivity (Wildman–Crippen MR) is 93.7 cm³/mol. The molecule has 0 aromatic carbocycles. The van der Waals surface area contributed by atoms with Crippen molar-refractivity contribution < 1.29 is 9.90 Å². The van der Waals surface area contributed by atoms with Gasteiger partial charge in [-0.2, -0.15) is 0 Å². The maximum atomic E-state index is 12.0. The lowest BCUT2D eigenvalue weighted by molar-refractivity contribution is -0.114. The molecule has 0 aromatic heterocycles. The van der Waals surface area contributed by atoms with Gasteiger partial charge in [-0.05, 0) is 64.4 Å². The highest BCUT2D eigenvalue weighted by molar-refractivity contribution is 5.91. The van der Waals surface area contributed by atoms with E-state index in [1.165, 1.54) is 0 Å². The van der Waals surface area contributed by atoms with Gasteiger partial charge < -0.3 is 5.11 Å². The number of allylic oxidation sites excluding steroid dienone is 5. The summed E-state index contributed by atoms with van der Waals surface area (Å²) in [6.07, 6.45) is 12.0. The average molecular weight is 304 g/mol. The van der Waals surface area contributed by atoms with E-state index in [9.17, 15) is 9.90 Å². The SMILES string of the molecule is C/C1=C/C(=O)C/C(C)=C/CC[C@@](C)(O)/C=C/C(C(C)C)CC1. The van der Waals surface area contributed by atoms with Gasteiger partial charge in [0.25, 0.3) is 0 Å². The predicted octanol–water partition coefficient (Wildman–Crippen LogP) is 4.99. The van der Waals surface area contributed by atoms with E-state index in [0.29, 0.717) is 24.7 Å². The molecule has 0 aliphatic heterocycles. The highest BCUT2D eigenvalue weighted by Crippen LogP contribution is 2.24. The molecule has 0 spiro atoms. The summed E-state index contributed by atoms with van der Waals surface area (Å²) in [5, 5.41) is 10.5. The number of hydrogen-bond acceptors (Lipinski definition) is 2. The lowest BCUT2D eigenvalue weighted by atomic mass is 9.87. The fourth-order valence-electron chi connectivity index (χ4n) is 2.82. The normalized spacial score (nSPS) is 35.2. The number of rotatable bonds is 1. The summed E-state index contributed by atoms with van der Waals surface area (Å²) < 4.78 is 0. The Balaban J connectivity index is 2.98. The molecule has 0 aromatic rings. The second-order valence-electron chi connectivity index (χ2n) is 7.39. The Morgan fingerprint density at radius 2 is 1.95 bits per heavy atom. The maximum Gasteiger partial charge on any atom is 0.159 e. The van der Waals surface area contributed by atoms with Crippen LogP contribution < -0.4 is 0 Å². The Labute approximate surface area is 136 Å². The summed E-state index contributed by atoms with van der Waals surface area (Å²) in [4.78, 5) is 12.0. The molecule has 0 saturated carbocycles. The largest absolute Gasteiger partial charge is 0.386 e. The summed E-state index contributed by atoms with van der Waals surface area (Å²) in [7, 11) is 0. The lowest BCUT2D eigenvalue weighted by Crippen LogP contribution is -2.21. The van der Waals surface area contributed by atoms with Gasteiger partial charge in [0.15, 0.2) is 5.78 Å². The van der Waals surface area contributed by atoms with Gasteiger partial charge in [0, 0.05) is 6.42 Å². The van der Waals surface area contributed by atoms with Crippen LogP contribution in [0.3, 0.4) is 0 Å². The Hall–Kier alpha value is -1.15. The van der Waals surface area contributed by atoms with E-state index in [1.807, 2.05) is 26.8 Å². The molecule has 1 aliphatic carbocycles. The molecule has 0 heterocycles. The van der Waals surface area contributed by atoms with Crippen LogP contribution in [0.1, 0.15) is 66.7 Å². The third-order valence-electron chi connectivity index (χ3n) is 4.43. The van der Waals surface area contributed by atoms with E-state index in [2.05, 4.69) is 26.0 Å². The van der Waals surface area contributed by atoms with Gasteiger partial charge in [-0.15, -0.1) is 0 Å². The van der Waals surface area contributed by atoms with Crippen molar-refractivity contribution in [3.63, 3.8) is 0 Å². The first-order chi connectivity index (χ1) is 10.2. The molecular weight excluding hydrogens is 272 g/mol. The molecule has 1 rings (SSSR count). The van der Waals surface area contributed by atoms with Crippen LogP contribution in [0.4, 0.5) is 0 Å². The van der Waals surface area contributed by atoms with Crippen molar-refractivity contribution in [1.29, 1.82) is 0 Å². The first-order valence-corrected chi connectivity index (χ1v) is 8.47. The Kier molecular flexibility index (Phi) is 7.28. The van der Waals surface area contributed by atoms with Crippen molar-refractivity contribution >= 4 is 5.78 Å². The zero-order valence-corrected chi connectivity index (χ0v) is 14.9. The molecule has 124 valence electrons. The highest BCUT2D eigenvalue weighted by atomic mass is 16.3. The van der Waals surface area contributed by atoms with Crippen molar-refractivity contribution in [3.05, 3.63) is 35.5 Å².